The van der Waals surface area contributed by atoms with Gasteiger partial charge < -0.3 is 20.2 Å². The molecule has 2 aliphatic heterocycles. The topological polar surface area (TPSA) is 72.9 Å². The van der Waals surface area contributed by atoms with Gasteiger partial charge >= 0.3 is 12.0 Å². The lowest BCUT2D eigenvalue weighted by atomic mass is 10.1. The third kappa shape index (κ3) is 2.69. The minimum atomic E-state index is -0.958. The van der Waals surface area contributed by atoms with Crippen molar-refractivity contribution < 1.29 is 14.7 Å². The SMILES string of the molecule is O=C(O)C=Cc1ccccc1N1CCN2C(=O)NCC2C1. The Kier molecular flexibility index (Phi) is 3.51. The maximum absolute atomic E-state index is 11.6. The molecule has 3 rings (SSSR count). The number of carboxylic acid groups (broad SMARTS) is 1. The Labute approximate surface area is 122 Å². The molecule has 2 aliphatic rings. The molecule has 21 heavy (non-hydrogen) atoms. The minimum absolute atomic E-state index is 0.0127. The molecule has 2 heterocycles. The largest absolute Gasteiger partial charge is 0.478 e. The number of nitrogens with zero attached hydrogens (tertiary/aromatic N) is 2. The molecular formula is C15H17N3O3. The molecule has 1 atom stereocenters. The third-order valence-electron chi connectivity index (χ3n) is 3.92. The van der Waals surface area contributed by atoms with Gasteiger partial charge in [0.15, 0.2) is 0 Å². The van der Waals surface area contributed by atoms with Gasteiger partial charge in [0.1, 0.15) is 0 Å². The highest BCUT2D eigenvalue weighted by Gasteiger charge is 2.35. The van der Waals surface area contributed by atoms with E-state index in [1.807, 2.05) is 29.2 Å². The van der Waals surface area contributed by atoms with E-state index in [1.54, 1.807) is 6.08 Å². The van der Waals surface area contributed by atoms with Crippen LogP contribution in [0, 0.1) is 0 Å². The summed E-state index contributed by atoms with van der Waals surface area (Å²) in [6.07, 6.45) is 2.76. The van der Waals surface area contributed by atoms with Crippen molar-refractivity contribution in [2.24, 2.45) is 0 Å². The number of amides is 2. The molecule has 0 aliphatic carbocycles. The van der Waals surface area contributed by atoms with Gasteiger partial charge in [-0.2, -0.15) is 0 Å². The molecule has 0 bridgehead atoms. The highest BCUT2D eigenvalue weighted by Crippen LogP contribution is 2.25. The van der Waals surface area contributed by atoms with Gasteiger partial charge in [-0.25, -0.2) is 9.59 Å². The van der Waals surface area contributed by atoms with Crippen LogP contribution in [0.4, 0.5) is 10.5 Å². The Morgan fingerprint density at radius 2 is 2.14 bits per heavy atom. The van der Waals surface area contributed by atoms with E-state index >= 15 is 0 Å². The van der Waals surface area contributed by atoms with Crippen LogP contribution in [-0.2, 0) is 4.79 Å². The number of para-hydroxylation sites is 1. The van der Waals surface area contributed by atoms with E-state index in [0.717, 1.165) is 30.4 Å². The molecule has 6 heteroatoms. The molecule has 1 unspecified atom stereocenters. The number of fused-ring (bicyclic) bond motifs is 1. The van der Waals surface area contributed by atoms with Crippen LogP contribution in [0.2, 0.25) is 0 Å². The summed E-state index contributed by atoms with van der Waals surface area (Å²) < 4.78 is 0. The lowest BCUT2D eigenvalue weighted by Gasteiger charge is -2.38. The summed E-state index contributed by atoms with van der Waals surface area (Å²) in [5, 5.41) is 11.6. The fourth-order valence-corrected chi connectivity index (χ4v) is 2.90. The number of carbonyl (C=O) groups excluding carboxylic acids is 1. The number of benzene rings is 1. The maximum Gasteiger partial charge on any atom is 0.328 e. The van der Waals surface area contributed by atoms with Crippen molar-refractivity contribution in [1.82, 2.24) is 10.2 Å². The predicted molar refractivity (Wildman–Crippen MR) is 79.2 cm³/mol. The van der Waals surface area contributed by atoms with Gasteiger partial charge in [-0.05, 0) is 17.7 Å². The van der Waals surface area contributed by atoms with Gasteiger partial charge in [0.2, 0.25) is 0 Å². The Bertz CT molecular complexity index is 600. The first-order valence-corrected chi connectivity index (χ1v) is 6.94. The number of rotatable bonds is 3. The van der Waals surface area contributed by atoms with Crippen molar-refractivity contribution in [3.05, 3.63) is 35.9 Å². The van der Waals surface area contributed by atoms with Crippen LogP contribution in [-0.4, -0.2) is 54.2 Å². The van der Waals surface area contributed by atoms with Gasteiger partial charge in [0, 0.05) is 37.9 Å². The van der Waals surface area contributed by atoms with E-state index in [2.05, 4.69) is 10.2 Å². The smallest absolute Gasteiger partial charge is 0.328 e. The van der Waals surface area contributed by atoms with E-state index in [4.69, 9.17) is 5.11 Å². The zero-order chi connectivity index (χ0) is 14.8. The highest BCUT2D eigenvalue weighted by molar-refractivity contribution is 5.87. The lowest BCUT2D eigenvalue weighted by Crippen LogP contribution is -2.52. The Morgan fingerprint density at radius 1 is 1.33 bits per heavy atom. The first kappa shape index (κ1) is 13.5. The van der Waals surface area contributed by atoms with Crippen molar-refractivity contribution in [3.8, 4) is 0 Å². The molecule has 110 valence electrons. The second-order valence-electron chi connectivity index (χ2n) is 5.21. The van der Waals surface area contributed by atoms with Crippen molar-refractivity contribution in [3.63, 3.8) is 0 Å². The molecule has 0 radical (unpaired) electrons. The van der Waals surface area contributed by atoms with Crippen LogP contribution in [0.1, 0.15) is 5.56 Å². The molecule has 1 aromatic carbocycles. The molecule has 0 aromatic heterocycles. The molecule has 2 saturated heterocycles. The number of hydrogen-bond donors (Lipinski definition) is 2. The summed E-state index contributed by atoms with van der Waals surface area (Å²) in [6.45, 7) is 2.87. The fraction of sp³-hybridized carbons (Fsp3) is 0.333. The van der Waals surface area contributed by atoms with E-state index < -0.39 is 5.97 Å². The number of carboxylic acids is 1. The van der Waals surface area contributed by atoms with E-state index in [9.17, 15) is 9.59 Å². The number of urea groups is 1. The molecule has 0 saturated carbocycles. The zero-order valence-corrected chi connectivity index (χ0v) is 11.5. The van der Waals surface area contributed by atoms with Crippen LogP contribution < -0.4 is 10.2 Å². The Hall–Kier alpha value is -2.50. The first-order valence-electron chi connectivity index (χ1n) is 6.94. The number of anilines is 1. The zero-order valence-electron chi connectivity index (χ0n) is 11.5. The van der Waals surface area contributed by atoms with Crippen molar-refractivity contribution in [1.29, 1.82) is 0 Å². The Balaban J connectivity index is 1.81. The number of nitrogens with one attached hydrogen (secondary N) is 1. The average Bonchev–Trinajstić information content (AvgIpc) is 2.86. The maximum atomic E-state index is 11.6. The van der Waals surface area contributed by atoms with Crippen molar-refractivity contribution in [2.75, 3.05) is 31.1 Å². The molecule has 2 fully saturated rings. The molecular weight excluding hydrogens is 270 g/mol. The summed E-state index contributed by atoms with van der Waals surface area (Å²) >= 11 is 0. The number of aliphatic carboxylic acids is 1. The van der Waals surface area contributed by atoms with Crippen molar-refractivity contribution in [2.45, 2.75) is 6.04 Å². The second kappa shape index (κ2) is 5.47. The van der Waals surface area contributed by atoms with Crippen LogP contribution in [0.15, 0.2) is 30.3 Å². The van der Waals surface area contributed by atoms with Gasteiger partial charge in [0.05, 0.1) is 6.04 Å². The summed E-state index contributed by atoms with van der Waals surface area (Å²) in [6, 6.07) is 7.92. The fourth-order valence-electron chi connectivity index (χ4n) is 2.90. The summed E-state index contributed by atoms with van der Waals surface area (Å²) in [7, 11) is 0. The summed E-state index contributed by atoms with van der Waals surface area (Å²) in [5.41, 5.74) is 1.89. The van der Waals surface area contributed by atoms with Crippen LogP contribution >= 0.6 is 0 Å². The van der Waals surface area contributed by atoms with Gasteiger partial charge in [-0.1, -0.05) is 18.2 Å². The van der Waals surface area contributed by atoms with Gasteiger partial charge in [-0.15, -0.1) is 0 Å². The number of hydrogen-bond acceptors (Lipinski definition) is 3. The minimum Gasteiger partial charge on any atom is -0.478 e. The quantitative estimate of drug-likeness (QED) is 0.813. The number of carbonyl (C=O) groups is 2. The molecule has 0 spiro atoms. The van der Waals surface area contributed by atoms with Gasteiger partial charge in [0.25, 0.3) is 0 Å². The normalized spacial score (nSPS) is 21.5. The van der Waals surface area contributed by atoms with E-state index in [1.165, 1.54) is 0 Å². The van der Waals surface area contributed by atoms with E-state index in [0.29, 0.717) is 13.1 Å². The lowest BCUT2D eigenvalue weighted by molar-refractivity contribution is -0.131. The number of piperazine rings is 1. The Morgan fingerprint density at radius 3 is 2.95 bits per heavy atom. The molecule has 2 N–H and O–H groups in total. The molecule has 2 amide bonds. The van der Waals surface area contributed by atoms with Gasteiger partial charge in [-0.3, -0.25) is 0 Å². The highest BCUT2D eigenvalue weighted by atomic mass is 16.4. The first-order chi connectivity index (χ1) is 10.1. The standard InChI is InChI=1S/C15H17N3O3/c19-14(20)6-5-11-3-1-2-4-13(11)17-7-8-18-12(10-17)9-16-15(18)21/h1-6,12H,7-10H2,(H,16,21)(H,19,20). The summed E-state index contributed by atoms with van der Waals surface area (Å²) in [5.74, 6) is -0.958. The molecule has 1 aromatic rings. The van der Waals surface area contributed by atoms with Crippen LogP contribution in [0.3, 0.4) is 0 Å². The molecule has 6 nitrogen and oxygen atoms in total. The predicted octanol–water partition coefficient (Wildman–Crippen LogP) is 0.998. The van der Waals surface area contributed by atoms with Crippen LogP contribution in [0.25, 0.3) is 6.08 Å². The van der Waals surface area contributed by atoms with Crippen LogP contribution in [0.5, 0.6) is 0 Å². The van der Waals surface area contributed by atoms with E-state index in [-0.39, 0.29) is 12.1 Å². The van der Waals surface area contributed by atoms with Crippen molar-refractivity contribution >= 4 is 23.8 Å². The average molecular weight is 287 g/mol. The third-order valence-corrected chi connectivity index (χ3v) is 3.92. The summed E-state index contributed by atoms with van der Waals surface area (Å²) in [4.78, 5) is 26.4. The second-order valence-corrected chi connectivity index (χ2v) is 5.21. The monoisotopic (exact) mass is 287 g/mol.